The van der Waals surface area contributed by atoms with Crippen LogP contribution in [0.5, 0.6) is 0 Å². The number of benzene rings is 4. The van der Waals surface area contributed by atoms with Crippen LogP contribution < -0.4 is 4.57 Å². The van der Waals surface area contributed by atoms with Gasteiger partial charge in [-0.3, -0.25) is 0 Å². The normalized spacial score (nSPS) is 11.8. The second kappa shape index (κ2) is 5.92. The third kappa shape index (κ3) is 2.14. The Balaban J connectivity index is 1.89. The molecule has 1 aliphatic rings. The van der Waals surface area contributed by atoms with Gasteiger partial charge in [0.15, 0.2) is 11.0 Å². The molecule has 2 heterocycles. The second-order valence-electron chi connectivity index (χ2n) is 7.77. The predicted molar refractivity (Wildman–Crippen MR) is 119 cm³/mol. The molecule has 0 aliphatic carbocycles. The van der Waals surface area contributed by atoms with Crippen LogP contribution in [0.3, 0.4) is 0 Å². The van der Waals surface area contributed by atoms with Crippen LogP contribution in [0.25, 0.3) is 50.4 Å². The molecule has 5 aromatic rings. The van der Waals surface area contributed by atoms with E-state index in [1.54, 1.807) is 0 Å². The van der Waals surface area contributed by atoms with Crippen molar-refractivity contribution in [1.82, 2.24) is 4.57 Å². The molecule has 0 amide bonds. The summed E-state index contributed by atoms with van der Waals surface area (Å²) in [6, 6.07) is 32.9. The van der Waals surface area contributed by atoms with Gasteiger partial charge < -0.3 is 0 Å². The minimum absolute atomic E-state index is 1.21. The van der Waals surface area contributed by atoms with E-state index in [9.17, 15) is 0 Å². The Morgan fingerprint density at radius 2 is 1.17 bits per heavy atom. The molecule has 6 rings (SSSR count). The van der Waals surface area contributed by atoms with Crippen molar-refractivity contribution >= 4 is 11.0 Å². The van der Waals surface area contributed by atoms with Gasteiger partial charge in [0.05, 0.1) is 12.6 Å². The molecule has 0 saturated heterocycles. The molecular formula is C27H21N2+. The molecule has 0 radical (unpaired) electrons. The summed E-state index contributed by atoms with van der Waals surface area (Å²) in [7, 11) is 2.18. The van der Waals surface area contributed by atoms with Crippen LogP contribution in [-0.4, -0.2) is 4.57 Å². The minimum Gasteiger partial charge on any atom is -0.225 e. The molecule has 1 aliphatic heterocycles. The van der Waals surface area contributed by atoms with Crippen LogP contribution in [0, 0.1) is 6.92 Å². The lowest BCUT2D eigenvalue weighted by Gasteiger charge is -2.10. The molecule has 2 heteroatoms. The highest BCUT2D eigenvalue weighted by atomic mass is 15.2. The second-order valence-corrected chi connectivity index (χ2v) is 7.77. The Labute approximate surface area is 170 Å². The van der Waals surface area contributed by atoms with Gasteiger partial charge in [-0.25, -0.2) is 4.57 Å². The van der Waals surface area contributed by atoms with E-state index >= 15 is 0 Å². The van der Waals surface area contributed by atoms with Crippen LogP contribution in [0.15, 0.2) is 91.0 Å². The van der Waals surface area contributed by atoms with Crippen molar-refractivity contribution in [2.75, 3.05) is 0 Å². The van der Waals surface area contributed by atoms with Crippen molar-refractivity contribution in [3.8, 4) is 39.3 Å². The van der Waals surface area contributed by atoms with E-state index in [0.29, 0.717) is 0 Å². The standard InChI is InChI=1S/C27H21N2/c1-18-10-3-4-11-19(18)27-28(2)25-17-9-15-23-21-13-6-5-12-20(21)22-14-7-8-16-24(22)29(27)26(23)25/h3-17H,1-2H3/q+1. The zero-order valence-electron chi connectivity index (χ0n) is 16.6. The Morgan fingerprint density at radius 1 is 0.586 bits per heavy atom. The highest BCUT2D eigenvalue weighted by molar-refractivity contribution is 6.02. The number of aryl methyl sites for hydroxylation is 2. The van der Waals surface area contributed by atoms with Gasteiger partial charge in [0, 0.05) is 11.1 Å². The van der Waals surface area contributed by atoms with Crippen molar-refractivity contribution in [3.63, 3.8) is 0 Å². The number of nitrogens with zero attached hydrogens (tertiary/aromatic N) is 2. The lowest BCUT2D eigenvalue weighted by Crippen LogP contribution is -2.30. The van der Waals surface area contributed by atoms with E-state index in [1.165, 1.54) is 55.9 Å². The predicted octanol–water partition coefficient (Wildman–Crippen LogP) is 6.08. The van der Waals surface area contributed by atoms with Crippen LogP contribution in [0.1, 0.15) is 5.56 Å². The van der Waals surface area contributed by atoms with Crippen molar-refractivity contribution in [3.05, 3.63) is 96.6 Å². The third-order valence-corrected chi connectivity index (χ3v) is 6.17. The van der Waals surface area contributed by atoms with E-state index in [-0.39, 0.29) is 0 Å². The Kier molecular flexibility index (Phi) is 3.33. The van der Waals surface area contributed by atoms with Crippen LogP contribution in [0.4, 0.5) is 0 Å². The number of hydrogen-bond donors (Lipinski definition) is 0. The molecule has 0 bridgehead atoms. The summed E-state index contributed by atoms with van der Waals surface area (Å²) in [5.41, 5.74) is 11.4. The SMILES string of the molecule is Cc1ccccc1-c1n2c3c(cccc3[n+]1C)-c1ccccc1-c1ccccc1-2. The average molecular weight is 373 g/mol. The number of rotatable bonds is 1. The van der Waals surface area contributed by atoms with Crippen molar-refractivity contribution in [2.45, 2.75) is 6.92 Å². The van der Waals surface area contributed by atoms with Crippen LogP contribution in [0.2, 0.25) is 0 Å². The molecule has 0 spiro atoms. The van der Waals surface area contributed by atoms with E-state index in [1.807, 2.05) is 0 Å². The largest absolute Gasteiger partial charge is 0.295 e. The van der Waals surface area contributed by atoms with Gasteiger partial charge in [-0.05, 0) is 47.9 Å². The molecule has 0 atom stereocenters. The molecule has 29 heavy (non-hydrogen) atoms. The van der Waals surface area contributed by atoms with Crippen molar-refractivity contribution in [1.29, 1.82) is 0 Å². The zero-order chi connectivity index (χ0) is 19.5. The summed E-state index contributed by atoms with van der Waals surface area (Å²) >= 11 is 0. The maximum absolute atomic E-state index is 2.46. The Morgan fingerprint density at radius 3 is 1.93 bits per heavy atom. The first-order valence-electron chi connectivity index (χ1n) is 10.0. The van der Waals surface area contributed by atoms with E-state index in [2.05, 4.69) is 114 Å². The van der Waals surface area contributed by atoms with E-state index < -0.39 is 0 Å². The fourth-order valence-electron chi connectivity index (χ4n) is 4.83. The third-order valence-electron chi connectivity index (χ3n) is 6.17. The van der Waals surface area contributed by atoms with Gasteiger partial charge in [0.2, 0.25) is 0 Å². The van der Waals surface area contributed by atoms with E-state index in [4.69, 9.17) is 0 Å². The Bertz CT molecular complexity index is 1420. The summed E-state index contributed by atoms with van der Waals surface area (Å²) in [6.07, 6.45) is 0. The highest BCUT2D eigenvalue weighted by Crippen LogP contribution is 2.44. The summed E-state index contributed by atoms with van der Waals surface area (Å²) in [5, 5.41) is 0. The molecule has 0 unspecified atom stereocenters. The van der Waals surface area contributed by atoms with Crippen molar-refractivity contribution < 1.29 is 4.57 Å². The van der Waals surface area contributed by atoms with Gasteiger partial charge >= 0.3 is 0 Å². The quantitative estimate of drug-likeness (QED) is 0.309. The number of hydrogen-bond acceptors (Lipinski definition) is 0. The molecular weight excluding hydrogens is 352 g/mol. The fraction of sp³-hybridized carbons (Fsp3) is 0.0741. The maximum atomic E-state index is 2.46. The van der Waals surface area contributed by atoms with Gasteiger partial charge in [-0.2, -0.15) is 4.57 Å². The Hall–Kier alpha value is -3.65. The topological polar surface area (TPSA) is 8.81 Å². The smallest absolute Gasteiger partial charge is 0.225 e. The van der Waals surface area contributed by atoms with Crippen molar-refractivity contribution in [2.24, 2.45) is 7.05 Å². The fourth-order valence-corrected chi connectivity index (χ4v) is 4.83. The highest BCUT2D eigenvalue weighted by Gasteiger charge is 2.33. The monoisotopic (exact) mass is 373 g/mol. The first-order chi connectivity index (χ1) is 14.3. The van der Waals surface area contributed by atoms with Gasteiger partial charge in [-0.1, -0.05) is 66.7 Å². The maximum Gasteiger partial charge on any atom is 0.295 e. The molecule has 4 aromatic carbocycles. The molecule has 1 aromatic heterocycles. The molecule has 0 fully saturated rings. The zero-order valence-corrected chi connectivity index (χ0v) is 16.6. The lowest BCUT2D eigenvalue weighted by molar-refractivity contribution is -0.633. The summed E-state index contributed by atoms with van der Waals surface area (Å²) in [4.78, 5) is 0. The minimum atomic E-state index is 1.21. The average Bonchev–Trinajstić information content (AvgIpc) is 2.99. The molecule has 2 nitrogen and oxygen atoms in total. The van der Waals surface area contributed by atoms with E-state index in [0.717, 1.165) is 0 Å². The number of fused-ring (bicyclic) bond motifs is 5. The first kappa shape index (κ1) is 16.3. The summed E-state index contributed by atoms with van der Waals surface area (Å²) in [5.74, 6) is 1.21. The summed E-state index contributed by atoms with van der Waals surface area (Å²) in [6.45, 7) is 2.19. The summed E-state index contributed by atoms with van der Waals surface area (Å²) < 4.78 is 4.80. The number of imidazole rings is 1. The lowest BCUT2D eigenvalue weighted by atomic mass is 9.94. The molecule has 0 N–H and O–H groups in total. The van der Waals surface area contributed by atoms with Gasteiger partial charge in [0.1, 0.15) is 5.69 Å². The molecule has 0 saturated carbocycles. The van der Waals surface area contributed by atoms with Crippen LogP contribution >= 0.6 is 0 Å². The number of aromatic nitrogens is 2. The molecule has 138 valence electrons. The first-order valence-corrected chi connectivity index (χ1v) is 10.0. The van der Waals surface area contributed by atoms with Crippen LogP contribution in [-0.2, 0) is 7.05 Å². The van der Waals surface area contributed by atoms with Gasteiger partial charge in [0.25, 0.3) is 5.82 Å². The number of para-hydroxylation sites is 2. The van der Waals surface area contributed by atoms with Gasteiger partial charge in [-0.15, -0.1) is 0 Å².